The summed E-state index contributed by atoms with van der Waals surface area (Å²) in [5, 5.41) is 0.807. The van der Waals surface area contributed by atoms with E-state index < -0.39 is 0 Å². The lowest BCUT2D eigenvalue weighted by molar-refractivity contribution is 0.109. The van der Waals surface area contributed by atoms with E-state index in [0.29, 0.717) is 6.04 Å². The summed E-state index contributed by atoms with van der Waals surface area (Å²) in [6.45, 7) is 8.55. The van der Waals surface area contributed by atoms with E-state index in [4.69, 9.17) is 17.3 Å². The van der Waals surface area contributed by atoms with Gasteiger partial charge in [0.25, 0.3) is 0 Å². The van der Waals surface area contributed by atoms with Gasteiger partial charge in [0.15, 0.2) is 0 Å². The van der Waals surface area contributed by atoms with Gasteiger partial charge in [0.2, 0.25) is 0 Å². The zero-order valence-electron chi connectivity index (χ0n) is 14.0. The lowest BCUT2D eigenvalue weighted by atomic mass is 9.94. The van der Waals surface area contributed by atoms with Crippen molar-refractivity contribution in [2.45, 2.75) is 45.3 Å². The SMILES string of the molecule is CCC(N)C(c1ccccc1Cl)N(CC)C(C)CN(C)C. The second-order valence-electron chi connectivity index (χ2n) is 5.98. The molecule has 1 aromatic rings. The third-order valence-electron chi connectivity index (χ3n) is 4.02. The Kier molecular flexibility index (Phi) is 7.67. The minimum atomic E-state index is 0.0782. The Labute approximate surface area is 135 Å². The molecule has 0 spiro atoms. The summed E-state index contributed by atoms with van der Waals surface area (Å²) in [4.78, 5) is 4.68. The molecule has 0 saturated heterocycles. The molecule has 4 heteroatoms. The van der Waals surface area contributed by atoms with Gasteiger partial charge in [-0.2, -0.15) is 0 Å². The molecule has 0 saturated carbocycles. The zero-order valence-corrected chi connectivity index (χ0v) is 14.8. The molecule has 1 aromatic carbocycles. The Hall–Kier alpha value is -0.610. The van der Waals surface area contributed by atoms with Gasteiger partial charge in [-0.3, -0.25) is 4.90 Å². The van der Waals surface area contributed by atoms with E-state index in [-0.39, 0.29) is 12.1 Å². The molecule has 0 aliphatic heterocycles. The van der Waals surface area contributed by atoms with Gasteiger partial charge in [-0.25, -0.2) is 0 Å². The van der Waals surface area contributed by atoms with Crippen LogP contribution in [-0.4, -0.2) is 49.1 Å². The molecule has 0 amide bonds. The van der Waals surface area contributed by atoms with Crippen molar-refractivity contribution >= 4 is 11.6 Å². The molecule has 3 nitrogen and oxygen atoms in total. The van der Waals surface area contributed by atoms with Gasteiger partial charge < -0.3 is 10.6 Å². The van der Waals surface area contributed by atoms with Crippen molar-refractivity contribution < 1.29 is 0 Å². The first kappa shape index (κ1) is 18.4. The minimum absolute atomic E-state index is 0.0782. The molecule has 2 N–H and O–H groups in total. The van der Waals surface area contributed by atoms with Gasteiger partial charge >= 0.3 is 0 Å². The predicted molar refractivity (Wildman–Crippen MR) is 92.9 cm³/mol. The molecule has 120 valence electrons. The standard InChI is InChI=1S/C17H30ClN3/c1-6-16(19)17(14-10-8-9-11-15(14)18)21(7-2)13(3)12-20(4)5/h8-11,13,16-17H,6-7,12,19H2,1-5H3. The van der Waals surface area contributed by atoms with Crippen LogP contribution in [0.1, 0.15) is 38.8 Å². The quantitative estimate of drug-likeness (QED) is 0.798. The Morgan fingerprint density at radius 1 is 1.19 bits per heavy atom. The summed E-state index contributed by atoms with van der Waals surface area (Å²) >= 11 is 6.44. The second-order valence-corrected chi connectivity index (χ2v) is 6.39. The molecule has 0 aliphatic carbocycles. The van der Waals surface area contributed by atoms with Crippen molar-refractivity contribution in [1.29, 1.82) is 0 Å². The number of nitrogens with two attached hydrogens (primary N) is 1. The first-order chi connectivity index (χ1) is 9.92. The summed E-state index contributed by atoms with van der Waals surface area (Å²) in [6, 6.07) is 8.73. The van der Waals surface area contributed by atoms with Crippen molar-refractivity contribution in [3.05, 3.63) is 34.9 Å². The van der Waals surface area contributed by atoms with Gasteiger partial charge in [0, 0.05) is 23.7 Å². The minimum Gasteiger partial charge on any atom is -0.326 e. The maximum atomic E-state index is 6.45. The maximum absolute atomic E-state index is 6.45. The molecule has 0 fully saturated rings. The van der Waals surface area contributed by atoms with Crippen LogP contribution < -0.4 is 5.73 Å². The van der Waals surface area contributed by atoms with Crippen LogP contribution in [0.2, 0.25) is 5.02 Å². The Morgan fingerprint density at radius 2 is 1.81 bits per heavy atom. The summed E-state index contributed by atoms with van der Waals surface area (Å²) < 4.78 is 0. The predicted octanol–water partition coefficient (Wildman–Crippen LogP) is 3.39. The van der Waals surface area contributed by atoms with Crippen LogP contribution in [0.3, 0.4) is 0 Å². The van der Waals surface area contributed by atoms with Crippen LogP contribution >= 0.6 is 11.6 Å². The highest BCUT2D eigenvalue weighted by atomic mass is 35.5. The fraction of sp³-hybridized carbons (Fsp3) is 0.647. The lowest BCUT2D eigenvalue weighted by Crippen LogP contribution is -2.48. The molecule has 0 aliphatic rings. The number of nitrogens with zero attached hydrogens (tertiary/aromatic N) is 2. The lowest BCUT2D eigenvalue weighted by Gasteiger charge is -2.40. The van der Waals surface area contributed by atoms with Crippen molar-refractivity contribution in [3.8, 4) is 0 Å². The van der Waals surface area contributed by atoms with Gasteiger partial charge in [0.05, 0.1) is 6.04 Å². The van der Waals surface area contributed by atoms with E-state index in [0.717, 1.165) is 30.1 Å². The Balaban J connectivity index is 3.14. The van der Waals surface area contributed by atoms with Gasteiger partial charge in [-0.15, -0.1) is 0 Å². The van der Waals surface area contributed by atoms with Crippen LogP contribution in [0, 0.1) is 0 Å². The summed E-state index contributed by atoms with van der Waals surface area (Å²) in [7, 11) is 4.21. The molecule has 3 atom stereocenters. The van der Waals surface area contributed by atoms with Crippen LogP contribution in [0.25, 0.3) is 0 Å². The maximum Gasteiger partial charge on any atom is 0.0517 e. The summed E-state index contributed by atoms with van der Waals surface area (Å²) in [5.41, 5.74) is 7.59. The van der Waals surface area contributed by atoms with Gasteiger partial charge in [0.1, 0.15) is 0 Å². The number of benzene rings is 1. The zero-order chi connectivity index (χ0) is 16.0. The van der Waals surface area contributed by atoms with E-state index in [1.165, 1.54) is 0 Å². The topological polar surface area (TPSA) is 32.5 Å². The van der Waals surface area contributed by atoms with Crippen LogP contribution in [0.5, 0.6) is 0 Å². The molecular formula is C17H30ClN3. The fourth-order valence-corrected chi connectivity index (χ4v) is 3.26. The molecule has 1 rings (SSSR count). The Morgan fingerprint density at radius 3 is 2.29 bits per heavy atom. The molecular weight excluding hydrogens is 282 g/mol. The molecule has 0 aromatic heterocycles. The number of likely N-dealkylation sites (N-methyl/N-ethyl adjacent to an activating group) is 2. The fourth-order valence-electron chi connectivity index (χ4n) is 3.01. The van der Waals surface area contributed by atoms with Crippen molar-refractivity contribution in [2.24, 2.45) is 5.73 Å². The summed E-state index contributed by atoms with van der Waals surface area (Å²) in [6.07, 6.45) is 0.932. The average Bonchev–Trinajstić information content (AvgIpc) is 2.44. The van der Waals surface area contributed by atoms with Gasteiger partial charge in [-0.05, 0) is 45.6 Å². The molecule has 21 heavy (non-hydrogen) atoms. The second kappa shape index (κ2) is 8.74. The first-order valence-electron chi connectivity index (χ1n) is 7.82. The van der Waals surface area contributed by atoms with E-state index in [2.05, 4.69) is 50.7 Å². The van der Waals surface area contributed by atoms with E-state index >= 15 is 0 Å². The van der Waals surface area contributed by atoms with Crippen LogP contribution in [0.15, 0.2) is 24.3 Å². The van der Waals surface area contributed by atoms with Crippen molar-refractivity contribution in [2.75, 3.05) is 27.2 Å². The molecule has 0 radical (unpaired) electrons. The third kappa shape index (κ3) is 4.96. The number of hydrogen-bond acceptors (Lipinski definition) is 3. The van der Waals surface area contributed by atoms with E-state index in [9.17, 15) is 0 Å². The smallest absolute Gasteiger partial charge is 0.0517 e. The van der Waals surface area contributed by atoms with Gasteiger partial charge in [-0.1, -0.05) is 43.6 Å². The third-order valence-corrected chi connectivity index (χ3v) is 4.36. The summed E-state index contributed by atoms with van der Waals surface area (Å²) in [5.74, 6) is 0. The number of halogens is 1. The average molecular weight is 312 g/mol. The largest absolute Gasteiger partial charge is 0.326 e. The molecule has 0 bridgehead atoms. The normalized spacial score (nSPS) is 16.2. The monoisotopic (exact) mass is 311 g/mol. The highest BCUT2D eigenvalue weighted by Crippen LogP contribution is 2.32. The van der Waals surface area contributed by atoms with E-state index in [1.54, 1.807) is 0 Å². The highest BCUT2D eigenvalue weighted by Gasteiger charge is 2.29. The van der Waals surface area contributed by atoms with Crippen LogP contribution in [-0.2, 0) is 0 Å². The first-order valence-corrected chi connectivity index (χ1v) is 8.20. The number of rotatable bonds is 8. The molecule has 3 unspecified atom stereocenters. The van der Waals surface area contributed by atoms with Crippen LogP contribution in [0.4, 0.5) is 0 Å². The highest BCUT2D eigenvalue weighted by molar-refractivity contribution is 6.31. The number of hydrogen-bond donors (Lipinski definition) is 1. The Bertz CT molecular complexity index is 422. The van der Waals surface area contributed by atoms with Crippen molar-refractivity contribution in [1.82, 2.24) is 9.80 Å². The molecule has 0 heterocycles. The van der Waals surface area contributed by atoms with E-state index in [1.807, 2.05) is 18.2 Å². The van der Waals surface area contributed by atoms with Crippen molar-refractivity contribution in [3.63, 3.8) is 0 Å².